The van der Waals surface area contributed by atoms with Crippen LogP contribution in [0, 0.1) is 17.3 Å². The fourth-order valence-electron chi connectivity index (χ4n) is 3.48. The van der Waals surface area contributed by atoms with E-state index in [9.17, 15) is 9.59 Å². The Morgan fingerprint density at radius 1 is 1.45 bits per heavy atom. The molecule has 0 bridgehead atoms. The van der Waals surface area contributed by atoms with E-state index in [1.807, 2.05) is 4.90 Å². The maximum Gasteiger partial charge on any atom is 0.306 e. The highest BCUT2D eigenvalue weighted by Crippen LogP contribution is 2.37. The third-order valence-electron chi connectivity index (χ3n) is 4.95. The maximum atomic E-state index is 12.8. The summed E-state index contributed by atoms with van der Waals surface area (Å²) in [6.07, 6.45) is 3.95. The monoisotopic (exact) mass is 282 g/mol. The molecule has 0 aromatic heterocycles. The average Bonchev–Trinajstić information content (AvgIpc) is 2.38. The van der Waals surface area contributed by atoms with Gasteiger partial charge in [0.15, 0.2) is 0 Å². The van der Waals surface area contributed by atoms with Gasteiger partial charge >= 0.3 is 5.97 Å². The molecule has 5 nitrogen and oxygen atoms in total. The molecule has 0 radical (unpaired) electrons. The summed E-state index contributed by atoms with van der Waals surface area (Å²) in [5.74, 6) is -0.762. The number of carbonyl (C=O) groups excluding carboxylic acids is 1. The minimum Gasteiger partial charge on any atom is -0.481 e. The highest BCUT2D eigenvalue weighted by atomic mass is 16.4. The summed E-state index contributed by atoms with van der Waals surface area (Å²) in [6, 6.07) is 0. The van der Waals surface area contributed by atoms with Crippen molar-refractivity contribution >= 4 is 11.9 Å². The smallest absolute Gasteiger partial charge is 0.306 e. The number of carbonyl (C=O) groups is 2. The Hall–Kier alpha value is -1.10. The number of carboxylic acid groups (broad SMARTS) is 1. The minimum atomic E-state index is -0.760. The minimum absolute atomic E-state index is 0.117. The first-order valence-corrected chi connectivity index (χ1v) is 7.73. The molecule has 2 N–H and O–H groups in total. The first-order chi connectivity index (χ1) is 9.50. The fraction of sp³-hybridized carbons (Fsp3) is 0.867. The molecule has 2 aliphatic rings. The second-order valence-corrected chi connectivity index (χ2v) is 6.41. The molecule has 0 aromatic rings. The van der Waals surface area contributed by atoms with Gasteiger partial charge in [-0.2, -0.15) is 0 Å². The number of aliphatic carboxylic acids is 1. The van der Waals surface area contributed by atoms with Gasteiger partial charge in [0.05, 0.1) is 11.3 Å². The molecule has 2 heterocycles. The van der Waals surface area contributed by atoms with Crippen LogP contribution < -0.4 is 5.32 Å². The van der Waals surface area contributed by atoms with Crippen molar-refractivity contribution in [3.05, 3.63) is 0 Å². The third kappa shape index (κ3) is 2.82. The number of hydrogen-bond acceptors (Lipinski definition) is 3. The average molecular weight is 282 g/mol. The van der Waals surface area contributed by atoms with Gasteiger partial charge in [-0.1, -0.05) is 20.3 Å². The van der Waals surface area contributed by atoms with E-state index in [1.165, 1.54) is 0 Å². The van der Waals surface area contributed by atoms with Crippen LogP contribution in [0.2, 0.25) is 0 Å². The van der Waals surface area contributed by atoms with Gasteiger partial charge in [0, 0.05) is 25.6 Å². The predicted molar refractivity (Wildman–Crippen MR) is 76.3 cm³/mol. The van der Waals surface area contributed by atoms with Crippen molar-refractivity contribution in [3.63, 3.8) is 0 Å². The summed E-state index contributed by atoms with van der Waals surface area (Å²) in [7, 11) is 0. The second kappa shape index (κ2) is 6.12. The molecule has 2 fully saturated rings. The Labute approximate surface area is 120 Å². The SMILES string of the molecule is CCCC1(C(=O)N2CC(C(C)C(=O)O)C2)CCCNC1. The van der Waals surface area contributed by atoms with Crippen LogP contribution in [0.1, 0.15) is 39.5 Å². The molecular formula is C15H26N2O3. The number of carboxylic acids is 1. The van der Waals surface area contributed by atoms with E-state index in [0.717, 1.165) is 38.8 Å². The molecule has 0 spiro atoms. The van der Waals surface area contributed by atoms with Gasteiger partial charge in [-0.3, -0.25) is 9.59 Å². The molecule has 2 aliphatic heterocycles. The van der Waals surface area contributed by atoms with Crippen molar-refractivity contribution in [2.24, 2.45) is 17.3 Å². The fourth-order valence-corrected chi connectivity index (χ4v) is 3.48. The second-order valence-electron chi connectivity index (χ2n) is 6.41. The van der Waals surface area contributed by atoms with Gasteiger partial charge in [0.1, 0.15) is 0 Å². The zero-order valence-corrected chi connectivity index (χ0v) is 12.5. The van der Waals surface area contributed by atoms with Gasteiger partial charge in [0.2, 0.25) is 5.91 Å². The van der Waals surface area contributed by atoms with Gasteiger partial charge in [-0.25, -0.2) is 0 Å². The van der Waals surface area contributed by atoms with E-state index in [-0.39, 0.29) is 23.2 Å². The molecule has 1 amide bonds. The maximum absolute atomic E-state index is 12.8. The zero-order chi connectivity index (χ0) is 14.8. The Morgan fingerprint density at radius 2 is 2.15 bits per heavy atom. The van der Waals surface area contributed by atoms with Crippen LogP contribution in [0.3, 0.4) is 0 Å². The van der Waals surface area contributed by atoms with Crippen LogP contribution in [0.5, 0.6) is 0 Å². The van der Waals surface area contributed by atoms with E-state index < -0.39 is 5.97 Å². The molecular weight excluding hydrogens is 256 g/mol. The number of nitrogens with one attached hydrogen (secondary N) is 1. The molecule has 0 aromatic carbocycles. The van der Waals surface area contributed by atoms with Crippen LogP contribution >= 0.6 is 0 Å². The zero-order valence-electron chi connectivity index (χ0n) is 12.5. The van der Waals surface area contributed by atoms with Crippen LogP contribution in [0.25, 0.3) is 0 Å². The number of likely N-dealkylation sites (tertiary alicyclic amines) is 1. The molecule has 2 unspecified atom stereocenters. The van der Waals surface area contributed by atoms with E-state index in [0.29, 0.717) is 13.1 Å². The Bertz CT molecular complexity index is 366. The number of rotatable bonds is 5. The number of piperidine rings is 1. The molecule has 5 heteroatoms. The van der Waals surface area contributed by atoms with Crippen LogP contribution in [0.4, 0.5) is 0 Å². The normalized spacial score (nSPS) is 28.8. The van der Waals surface area contributed by atoms with Crippen LogP contribution in [-0.4, -0.2) is 48.1 Å². The van der Waals surface area contributed by atoms with E-state index in [1.54, 1.807) is 6.92 Å². The lowest BCUT2D eigenvalue weighted by molar-refractivity contribution is -0.157. The predicted octanol–water partition coefficient (Wildman–Crippen LogP) is 1.34. The Balaban J connectivity index is 1.95. The highest BCUT2D eigenvalue weighted by molar-refractivity contribution is 5.84. The lowest BCUT2D eigenvalue weighted by Gasteiger charge is -2.47. The number of amides is 1. The van der Waals surface area contributed by atoms with Crippen LogP contribution in [0.15, 0.2) is 0 Å². The van der Waals surface area contributed by atoms with Gasteiger partial charge in [0.25, 0.3) is 0 Å². The highest BCUT2D eigenvalue weighted by Gasteiger charge is 2.46. The van der Waals surface area contributed by atoms with Gasteiger partial charge in [-0.05, 0) is 25.8 Å². The van der Waals surface area contributed by atoms with E-state index in [4.69, 9.17) is 5.11 Å². The lowest BCUT2D eigenvalue weighted by Crippen LogP contribution is -2.60. The van der Waals surface area contributed by atoms with Crippen molar-refractivity contribution < 1.29 is 14.7 Å². The van der Waals surface area contributed by atoms with Crippen molar-refractivity contribution in [2.75, 3.05) is 26.2 Å². The van der Waals surface area contributed by atoms with E-state index in [2.05, 4.69) is 12.2 Å². The van der Waals surface area contributed by atoms with E-state index >= 15 is 0 Å². The van der Waals surface area contributed by atoms with Crippen molar-refractivity contribution in [1.29, 1.82) is 0 Å². The van der Waals surface area contributed by atoms with Crippen molar-refractivity contribution in [2.45, 2.75) is 39.5 Å². The molecule has 2 atom stereocenters. The quantitative estimate of drug-likeness (QED) is 0.798. The Kier molecular flexibility index (Phi) is 4.68. The largest absolute Gasteiger partial charge is 0.481 e. The van der Waals surface area contributed by atoms with Crippen molar-refractivity contribution in [3.8, 4) is 0 Å². The molecule has 2 saturated heterocycles. The van der Waals surface area contributed by atoms with Crippen molar-refractivity contribution in [1.82, 2.24) is 10.2 Å². The number of nitrogens with zero attached hydrogens (tertiary/aromatic N) is 1. The number of hydrogen-bond donors (Lipinski definition) is 2. The summed E-state index contributed by atoms with van der Waals surface area (Å²) >= 11 is 0. The molecule has 114 valence electrons. The summed E-state index contributed by atoms with van der Waals surface area (Å²) in [5.41, 5.74) is -0.246. The van der Waals surface area contributed by atoms with Gasteiger partial charge in [-0.15, -0.1) is 0 Å². The standard InChI is InChI=1S/C15H26N2O3/c1-3-5-15(6-4-7-16-10-15)14(20)17-8-12(9-17)11(2)13(18)19/h11-12,16H,3-10H2,1-2H3,(H,18,19). The van der Waals surface area contributed by atoms with Crippen LogP contribution in [-0.2, 0) is 9.59 Å². The summed E-state index contributed by atoms with van der Waals surface area (Å²) in [6.45, 7) is 6.84. The first kappa shape index (κ1) is 15.3. The molecule has 20 heavy (non-hydrogen) atoms. The molecule has 0 saturated carbocycles. The molecule has 2 rings (SSSR count). The molecule has 0 aliphatic carbocycles. The van der Waals surface area contributed by atoms with Gasteiger partial charge < -0.3 is 15.3 Å². The Morgan fingerprint density at radius 3 is 2.65 bits per heavy atom. The summed E-state index contributed by atoms with van der Waals surface area (Å²) < 4.78 is 0. The first-order valence-electron chi connectivity index (χ1n) is 7.73. The topological polar surface area (TPSA) is 69.6 Å². The summed E-state index contributed by atoms with van der Waals surface area (Å²) in [4.78, 5) is 25.6. The lowest BCUT2D eigenvalue weighted by atomic mass is 9.74. The third-order valence-corrected chi connectivity index (χ3v) is 4.95. The summed E-state index contributed by atoms with van der Waals surface area (Å²) in [5, 5.41) is 12.4.